The molecule has 8 nitrogen and oxygen atoms in total. The van der Waals surface area contributed by atoms with Gasteiger partial charge in [-0.2, -0.15) is 0 Å². The topological polar surface area (TPSA) is 69.7 Å². The fraction of sp³-hybridized carbons (Fsp3) is 0.295. The van der Waals surface area contributed by atoms with Crippen molar-refractivity contribution in [1.29, 1.82) is 0 Å². The van der Waals surface area contributed by atoms with Gasteiger partial charge in [-0.25, -0.2) is 4.79 Å². The van der Waals surface area contributed by atoms with E-state index in [0.717, 1.165) is 66.1 Å². The van der Waals surface area contributed by atoms with Crippen LogP contribution in [0.5, 0.6) is 40.2 Å². The zero-order valence-electron chi connectivity index (χ0n) is 30.4. The van der Waals surface area contributed by atoms with Crippen LogP contribution in [0.1, 0.15) is 61.4 Å². The predicted molar refractivity (Wildman–Crippen MR) is 201 cm³/mol. The average molecular weight is 697 g/mol. The Morgan fingerprint density at radius 2 is 1.40 bits per heavy atom. The monoisotopic (exact) mass is 696 g/mol. The summed E-state index contributed by atoms with van der Waals surface area (Å²) in [7, 11) is 7.60. The van der Waals surface area contributed by atoms with Crippen molar-refractivity contribution < 1.29 is 28.5 Å². The summed E-state index contributed by atoms with van der Waals surface area (Å²) in [6.07, 6.45) is 3.21. The summed E-state index contributed by atoms with van der Waals surface area (Å²) in [5, 5.41) is 0. The van der Waals surface area contributed by atoms with Crippen LogP contribution in [0, 0.1) is 6.92 Å². The Hall–Kier alpha value is -5.31. The van der Waals surface area contributed by atoms with Crippen molar-refractivity contribution in [2.45, 2.75) is 44.7 Å². The first-order chi connectivity index (χ1) is 25.3. The molecule has 4 heterocycles. The predicted octanol–water partition coefficient (Wildman–Crippen LogP) is 8.67. The summed E-state index contributed by atoms with van der Waals surface area (Å²) >= 11 is 0. The zero-order valence-corrected chi connectivity index (χ0v) is 30.4. The van der Waals surface area contributed by atoms with Gasteiger partial charge in [-0.05, 0) is 129 Å². The number of methoxy groups -OCH3 is 2. The quantitative estimate of drug-likeness (QED) is 0.137. The highest BCUT2D eigenvalue weighted by atomic mass is 16.6. The van der Waals surface area contributed by atoms with Crippen LogP contribution >= 0.6 is 0 Å². The Bertz CT molecular complexity index is 2130. The molecule has 0 fully saturated rings. The third kappa shape index (κ3) is 6.37. The molecule has 0 amide bonds. The number of benzene rings is 5. The molecular weight excluding hydrogens is 652 g/mol. The van der Waals surface area contributed by atoms with Gasteiger partial charge in [-0.1, -0.05) is 42.5 Å². The van der Waals surface area contributed by atoms with Crippen LogP contribution in [-0.4, -0.2) is 57.2 Å². The van der Waals surface area contributed by atoms with Crippen molar-refractivity contribution in [2.24, 2.45) is 0 Å². The summed E-state index contributed by atoms with van der Waals surface area (Å²) < 4.78 is 31.7. The third-order valence-electron chi connectivity index (χ3n) is 10.9. The first kappa shape index (κ1) is 33.8. The van der Waals surface area contributed by atoms with Gasteiger partial charge < -0.3 is 23.7 Å². The summed E-state index contributed by atoms with van der Waals surface area (Å²) in [6, 6.07) is 30.0. The van der Waals surface area contributed by atoms with E-state index in [0.29, 0.717) is 35.0 Å². The van der Waals surface area contributed by atoms with Gasteiger partial charge in [-0.3, -0.25) is 9.80 Å². The van der Waals surface area contributed by atoms with Gasteiger partial charge in [0.05, 0.1) is 19.8 Å². The van der Waals surface area contributed by atoms with Crippen LogP contribution < -0.4 is 23.7 Å². The first-order valence-electron chi connectivity index (χ1n) is 18.0. The number of carbonyl (C=O) groups excluding carboxylic acids is 1. The Morgan fingerprint density at radius 1 is 0.712 bits per heavy atom. The number of likely N-dealkylation sites (N-methyl/N-ethyl adjacent to an activating group) is 2. The second-order valence-corrected chi connectivity index (χ2v) is 14.1. The number of fused-ring (bicyclic) bond motifs is 2. The van der Waals surface area contributed by atoms with Gasteiger partial charge in [-0.15, -0.1) is 0 Å². The molecule has 52 heavy (non-hydrogen) atoms. The molecule has 9 rings (SSSR count). The van der Waals surface area contributed by atoms with E-state index < -0.39 is 5.97 Å². The molecule has 6 bridgehead atoms. The normalized spacial score (nSPS) is 18.2. The molecule has 8 heteroatoms. The minimum Gasteiger partial charge on any atom is -0.493 e. The number of carbonyl (C=O) groups is 1. The highest BCUT2D eigenvalue weighted by molar-refractivity contribution is 5.92. The van der Waals surface area contributed by atoms with E-state index in [9.17, 15) is 4.79 Å². The first-order valence-corrected chi connectivity index (χ1v) is 18.0. The maximum absolute atomic E-state index is 13.7. The van der Waals surface area contributed by atoms with Crippen molar-refractivity contribution >= 4 is 5.97 Å². The number of nitrogens with zero attached hydrogens (tertiary/aromatic N) is 2. The lowest BCUT2D eigenvalue weighted by atomic mass is 9.87. The summed E-state index contributed by atoms with van der Waals surface area (Å²) in [5.74, 6) is 3.55. The van der Waals surface area contributed by atoms with Gasteiger partial charge in [0.2, 0.25) is 5.75 Å². The fourth-order valence-corrected chi connectivity index (χ4v) is 7.92. The highest BCUT2D eigenvalue weighted by Crippen LogP contribution is 2.51. The molecule has 0 unspecified atom stereocenters. The molecule has 5 aromatic carbocycles. The van der Waals surface area contributed by atoms with E-state index in [4.69, 9.17) is 23.7 Å². The Kier molecular flexibility index (Phi) is 9.11. The molecule has 2 atom stereocenters. The summed E-state index contributed by atoms with van der Waals surface area (Å²) in [4.78, 5) is 18.5. The number of ether oxygens (including phenoxy) is 5. The number of rotatable bonds is 4. The molecule has 0 N–H and O–H groups in total. The second-order valence-electron chi connectivity index (χ2n) is 14.1. The maximum atomic E-state index is 13.7. The molecular formula is C44H44N2O6. The van der Waals surface area contributed by atoms with E-state index in [1.165, 1.54) is 16.7 Å². The van der Waals surface area contributed by atoms with Gasteiger partial charge in [0.15, 0.2) is 23.0 Å². The molecule has 0 aliphatic carbocycles. The highest BCUT2D eigenvalue weighted by Gasteiger charge is 2.35. The van der Waals surface area contributed by atoms with Gasteiger partial charge >= 0.3 is 5.97 Å². The van der Waals surface area contributed by atoms with Crippen molar-refractivity contribution in [1.82, 2.24) is 9.80 Å². The van der Waals surface area contributed by atoms with Crippen LogP contribution in [0.2, 0.25) is 0 Å². The van der Waals surface area contributed by atoms with Crippen LogP contribution in [0.4, 0.5) is 0 Å². The number of hydrogen-bond donors (Lipinski definition) is 0. The van der Waals surface area contributed by atoms with Gasteiger partial charge in [0, 0.05) is 30.7 Å². The minimum atomic E-state index is -0.481. The molecule has 0 aromatic heterocycles. The molecule has 0 saturated carbocycles. The van der Waals surface area contributed by atoms with Gasteiger partial charge in [0.25, 0.3) is 0 Å². The summed E-state index contributed by atoms with van der Waals surface area (Å²) in [5.41, 5.74) is 8.39. The van der Waals surface area contributed by atoms with Crippen LogP contribution in [0.15, 0.2) is 91.0 Å². The lowest BCUT2D eigenvalue weighted by Gasteiger charge is -2.37. The van der Waals surface area contributed by atoms with Crippen molar-refractivity contribution in [3.8, 4) is 40.2 Å². The number of aryl methyl sites for hydroxylation is 1. The lowest BCUT2D eigenvalue weighted by molar-refractivity contribution is 0.0724. The number of hydrogen-bond acceptors (Lipinski definition) is 8. The standard InChI is InChI=1S/C44H44N2O6/c1-27-21-31-17-19-45(2)35-22-28-11-14-33(15-12-28)50-39-24-29(13-16-37(39)48-4)23-36-41-32(18-20-46(36)3)25-40(49-5)42(43(41)51-38(27)26-34(31)35)52-44(47)30-9-7-6-8-10-30/h6-16,21,24-26,35-36H,17-20,22-23H2,1-5H3/t35-,36-/m0/s1. The summed E-state index contributed by atoms with van der Waals surface area (Å²) in [6.45, 7) is 3.89. The molecule has 4 aliphatic rings. The van der Waals surface area contributed by atoms with Crippen molar-refractivity contribution in [3.05, 3.63) is 136 Å². The van der Waals surface area contributed by atoms with E-state index in [1.54, 1.807) is 26.4 Å². The second kappa shape index (κ2) is 14.0. The Balaban J connectivity index is 1.35. The number of esters is 1. The van der Waals surface area contributed by atoms with Crippen LogP contribution in [0.25, 0.3) is 0 Å². The van der Waals surface area contributed by atoms with Crippen molar-refractivity contribution in [2.75, 3.05) is 41.4 Å². The average Bonchev–Trinajstić information content (AvgIpc) is 3.16. The molecule has 0 spiro atoms. The van der Waals surface area contributed by atoms with E-state index in [-0.39, 0.29) is 17.8 Å². The van der Waals surface area contributed by atoms with E-state index >= 15 is 0 Å². The SMILES string of the molecule is COc1ccc2cc1Oc1ccc(cc1)C[C@H]1c3cc(c(C)cc3CCN1C)Oc1c(OC(=O)c3ccccc3)c(OC)cc3c1[C@H](C2)N(C)CC3. The molecule has 5 aromatic rings. The fourth-order valence-electron chi connectivity index (χ4n) is 7.92. The van der Waals surface area contributed by atoms with E-state index in [1.807, 2.05) is 42.5 Å². The molecule has 4 aliphatic heterocycles. The largest absolute Gasteiger partial charge is 0.493 e. The minimum absolute atomic E-state index is 0.116. The smallest absolute Gasteiger partial charge is 0.343 e. The van der Waals surface area contributed by atoms with Crippen LogP contribution in [0.3, 0.4) is 0 Å². The van der Waals surface area contributed by atoms with Crippen molar-refractivity contribution in [3.63, 3.8) is 0 Å². The Morgan fingerprint density at radius 3 is 2.15 bits per heavy atom. The molecule has 266 valence electrons. The Labute approximate surface area is 305 Å². The third-order valence-corrected chi connectivity index (χ3v) is 10.9. The lowest BCUT2D eigenvalue weighted by Crippen LogP contribution is -2.34. The van der Waals surface area contributed by atoms with Gasteiger partial charge in [0.1, 0.15) is 11.5 Å². The van der Waals surface area contributed by atoms with Crippen LogP contribution in [-0.2, 0) is 25.7 Å². The molecule has 0 saturated heterocycles. The molecule has 0 radical (unpaired) electrons. The maximum Gasteiger partial charge on any atom is 0.343 e. The zero-order chi connectivity index (χ0) is 35.9. The van der Waals surface area contributed by atoms with E-state index in [2.05, 4.69) is 67.2 Å².